The highest BCUT2D eigenvalue weighted by atomic mass is 35.5. The molecular weight excluding hydrogens is 348 g/mol. The van der Waals surface area contributed by atoms with E-state index < -0.39 is 0 Å². The molecule has 0 unspecified atom stereocenters. The minimum Gasteiger partial charge on any atom is -0.267 e. The van der Waals surface area contributed by atoms with E-state index in [0.717, 1.165) is 17.0 Å². The summed E-state index contributed by atoms with van der Waals surface area (Å²) in [6.07, 6.45) is 1.63. The fourth-order valence-electron chi connectivity index (χ4n) is 2.66. The summed E-state index contributed by atoms with van der Waals surface area (Å²) >= 11 is 5.90. The number of nitrogens with zero attached hydrogens (tertiary/aromatic N) is 3. The predicted molar refractivity (Wildman–Crippen MR) is 104 cm³/mol. The van der Waals surface area contributed by atoms with Gasteiger partial charge in [0.05, 0.1) is 18.5 Å². The Morgan fingerprint density at radius 3 is 2.69 bits per heavy atom. The van der Waals surface area contributed by atoms with E-state index in [0.29, 0.717) is 17.1 Å². The normalized spacial score (nSPS) is 11.0. The van der Waals surface area contributed by atoms with Gasteiger partial charge in [0.25, 0.3) is 5.91 Å². The van der Waals surface area contributed by atoms with E-state index in [9.17, 15) is 4.79 Å². The van der Waals surface area contributed by atoms with Gasteiger partial charge in [-0.1, -0.05) is 48.0 Å². The van der Waals surface area contributed by atoms with Gasteiger partial charge in [0, 0.05) is 21.8 Å². The Labute approximate surface area is 157 Å². The maximum absolute atomic E-state index is 12.1. The van der Waals surface area contributed by atoms with Gasteiger partial charge < -0.3 is 0 Å². The van der Waals surface area contributed by atoms with Crippen LogP contribution in [0.15, 0.2) is 59.7 Å². The van der Waals surface area contributed by atoms with Crippen molar-refractivity contribution in [1.29, 1.82) is 0 Å². The van der Waals surface area contributed by atoms with E-state index in [-0.39, 0.29) is 5.91 Å². The number of carbonyl (C=O) groups is 1. The van der Waals surface area contributed by atoms with Gasteiger partial charge in [-0.15, -0.1) is 0 Å². The monoisotopic (exact) mass is 366 g/mol. The van der Waals surface area contributed by atoms with E-state index in [1.54, 1.807) is 30.5 Å². The highest BCUT2D eigenvalue weighted by Crippen LogP contribution is 2.13. The molecule has 1 N–H and O–H groups in total. The number of benzene rings is 2. The lowest BCUT2D eigenvalue weighted by atomic mass is 10.2. The molecule has 0 aliphatic rings. The van der Waals surface area contributed by atoms with Gasteiger partial charge >= 0.3 is 0 Å². The lowest BCUT2D eigenvalue weighted by Crippen LogP contribution is -2.17. The molecule has 1 heterocycles. The zero-order valence-corrected chi connectivity index (χ0v) is 15.4. The Hall–Kier alpha value is -2.92. The minimum absolute atomic E-state index is 0.310. The molecule has 3 aromatic rings. The van der Waals surface area contributed by atoms with Crippen molar-refractivity contribution in [2.75, 3.05) is 0 Å². The molecule has 5 nitrogen and oxygen atoms in total. The third-order valence-electron chi connectivity index (χ3n) is 4.06. The van der Waals surface area contributed by atoms with Gasteiger partial charge in [-0.25, -0.2) is 5.43 Å². The Bertz CT molecular complexity index is 948. The summed E-state index contributed by atoms with van der Waals surface area (Å²) in [5.74, 6) is -0.310. The summed E-state index contributed by atoms with van der Waals surface area (Å²) in [5.41, 5.74) is 6.91. The fourth-order valence-corrected chi connectivity index (χ4v) is 2.85. The largest absolute Gasteiger partial charge is 0.271 e. The second-order valence-corrected chi connectivity index (χ2v) is 6.37. The second kappa shape index (κ2) is 7.97. The van der Waals surface area contributed by atoms with Crippen molar-refractivity contribution in [3.63, 3.8) is 0 Å². The van der Waals surface area contributed by atoms with Crippen LogP contribution in [0.3, 0.4) is 0 Å². The molecule has 0 aliphatic carbocycles. The number of carbonyl (C=O) groups excluding carboxylic acids is 1. The molecule has 0 saturated heterocycles. The van der Waals surface area contributed by atoms with E-state index in [1.807, 2.05) is 36.7 Å². The highest BCUT2D eigenvalue weighted by molar-refractivity contribution is 6.30. The van der Waals surface area contributed by atoms with Gasteiger partial charge in [0.2, 0.25) is 0 Å². The van der Waals surface area contributed by atoms with Crippen LogP contribution < -0.4 is 5.43 Å². The molecule has 6 heteroatoms. The molecule has 26 heavy (non-hydrogen) atoms. The molecule has 2 aromatic carbocycles. The van der Waals surface area contributed by atoms with Gasteiger partial charge in [-0.2, -0.15) is 10.2 Å². The number of nitrogens with one attached hydrogen (secondary N) is 1. The zero-order chi connectivity index (χ0) is 18.5. The van der Waals surface area contributed by atoms with Crippen LogP contribution in [0.25, 0.3) is 0 Å². The van der Waals surface area contributed by atoms with Crippen molar-refractivity contribution < 1.29 is 4.79 Å². The number of hydrogen-bond acceptors (Lipinski definition) is 3. The van der Waals surface area contributed by atoms with Gasteiger partial charge in [-0.3, -0.25) is 9.48 Å². The van der Waals surface area contributed by atoms with Gasteiger partial charge in [0.15, 0.2) is 0 Å². The molecule has 0 fully saturated rings. The molecule has 0 radical (unpaired) electrons. The first-order valence-corrected chi connectivity index (χ1v) is 8.59. The predicted octanol–water partition coefficient (Wildman–Crippen LogP) is 3.97. The average molecular weight is 367 g/mol. The van der Waals surface area contributed by atoms with E-state index in [2.05, 4.69) is 27.8 Å². The maximum atomic E-state index is 12.1. The van der Waals surface area contributed by atoms with Crippen molar-refractivity contribution in [3.05, 3.63) is 87.7 Å². The summed E-state index contributed by atoms with van der Waals surface area (Å²) in [7, 11) is 0. The molecule has 0 aliphatic heterocycles. The quantitative estimate of drug-likeness (QED) is 0.548. The van der Waals surface area contributed by atoms with Crippen molar-refractivity contribution in [1.82, 2.24) is 15.2 Å². The molecule has 0 bridgehead atoms. The fraction of sp³-hybridized carbons (Fsp3) is 0.150. The lowest BCUT2D eigenvalue weighted by molar-refractivity contribution is 0.0955. The summed E-state index contributed by atoms with van der Waals surface area (Å²) in [6, 6.07) is 16.9. The number of rotatable bonds is 5. The molecule has 0 spiro atoms. The lowest BCUT2D eigenvalue weighted by Gasteiger charge is -2.04. The van der Waals surface area contributed by atoms with Crippen LogP contribution in [0, 0.1) is 13.8 Å². The first-order chi connectivity index (χ1) is 12.5. The first kappa shape index (κ1) is 17.9. The smallest absolute Gasteiger partial charge is 0.267 e. The standard InChI is InChI=1S/C20H19ClN4O/c1-14-19(12-22-23-20(26)17-9-6-10-18(21)11-17)15(2)25(24-14)13-16-7-4-3-5-8-16/h3-12H,13H2,1-2H3,(H,23,26)/b22-12+. The maximum Gasteiger partial charge on any atom is 0.271 e. The average Bonchev–Trinajstić information content (AvgIpc) is 2.90. The number of aromatic nitrogens is 2. The number of halogens is 1. The van der Waals surface area contributed by atoms with Crippen molar-refractivity contribution >= 4 is 23.7 Å². The molecule has 3 rings (SSSR count). The Balaban J connectivity index is 1.71. The third-order valence-corrected chi connectivity index (χ3v) is 4.29. The van der Waals surface area contributed by atoms with E-state index in [1.165, 1.54) is 5.56 Å². The summed E-state index contributed by atoms with van der Waals surface area (Å²) < 4.78 is 1.94. The topological polar surface area (TPSA) is 59.3 Å². The van der Waals surface area contributed by atoms with Crippen LogP contribution >= 0.6 is 11.6 Å². The van der Waals surface area contributed by atoms with Crippen LogP contribution in [0.4, 0.5) is 0 Å². The van der Waals surface area contributed by atoms with Crippen molar-refractivity contribution in [3.8, 4) is 0 Å². The van der Waals surface area contributed by atoms with Crippen LogP contribution in [-0.2, 0) is 6.54 Å². The molecule has 0 atom stereocenters. The number of hydrogen-bond donors (Lipinski definition) is 1. The molecule has 1 aromatic heterocycles. The van der Waals surface area contributed by atoms with Crippen molar-refractivity contribution in [2.45, 2.75) is 20.4 Å². The second-order valence-electron chi connectivity index (χ2n) is 5.94. The first-order valence-electron chi connectivity index (χ1n) is 8.21. The zero-order valence-electron chi connectivity index (χ0n) is 14.6. The minimum atomic E-state index is -0.310. The Morgan fingerprint density at radius 1 is 1.19 bits per heavy atom. The molecule has 1 amide bonds. The Morgan fingerprint density at radius 2 is 1.96 bits per heavy atom. The van der Waals surface area contributed by atoms with Crippen LogP contribution in [0.2, 0.25) is 5.02 Å². The van der Waals surface area contributed by atoms with Crippen LogP contribution in [0.5, 0.6) is 0 Å². The summed E-state index contributed by atoms with van der Waals surface area (Å²) in [5, 5.41) is 9.15. The molecular formula is C20H19ClN4O. The number of amides is 1. The number of aryl methyl sites for hydroxylation is 1. The van der Waals surface area contributed by atoms with Crippen LogP contribution in [-0.4, -0.2) is 21.9 Å². The van der Waals surface area contributed by atoms with Crippen LogP contribution in [0.1, 0.15) is 32.9 Å². The van der Waals surface area contributed by atoms with E-state index >= 15 is 0 Å². The number of hydrazone groups is 1. The molecule has 132 valence electrons. The van der Waals surface area contributed by atoms with Crippen molar-refractivity contribution in [2.24, 2.45) is 5.10 Å². The summed E-state index contributed by atoms with van der Waals surface area (Å²) in [4.78, 5) is 12.1. The molecule has 0 saturated carbocycles. The third kappa shape index (κ3) is 4.18. The highest BCUT2D eigenvalue weighted by Gasteiger charge is 2.10. The van der Waals surface area contributed by atoms with Gasteiger partial charge in [-0.05, 0) is 37.6 Å². The Kier molecular flexibility index (Phi) is 5.49. The summed E-state index contributed by atoms with van der Waals surface area (Å²) in [6.45, 7) is 4.61. The van der Waals surface area contributed by atoms with Gasteiger partial charge in [0.1, 0.15) is 0 Å². The van der Waals surface area contributed by atoms with E-state index in [4.69, 9.17) is 11.6 Å². The SMILES string of the molecule is Cc1nn(Cc2ccccc2)c(C)c1/C=N/NC(=O)c1cccc(Cl)c1.